The van der Waals surface area contributed by atoms with E-state index >= 15 is 0 Å². The number of nitrogens with zero attached hydrogens (tertiary/aromatic N) is 1. The fraction of sp³-hybridized carbons (Fsp3) is 0.500. The molecule has 0 saturated carbocycles. The summed E-state index contributed by atoms with van der Waals surface area (Å²) in [7, 11) is 0. The van der Waals surface area contributed by atoms with Gasteiger partial charge < -0.3 is 15.0 Å². The molecule has 0 atom stereocenters. The van der Waals surface area contributed by atoms with Gasteiger partial charge in [0.1, 0.15) is 0 Å². The lowest BCUT2D eigenvalue weighted by Crippen LogP contribution is -2.22. The van der Waals surface area contributed by atoms with Gasteiger partial charge in [-0.2, -0.15) is 0 Å². The predicted molar refractivity (Wildman–Crippen MR) is 80.4 cm³/mol. The van der Waals surface area contributed by atoms with Gasteiger partial charge in [-0.1, -0.05) is 24.8 Å². The van der Waals surface area contributed by atoms with Crippen molar-refractivity contribution < 1.29 is 4.74 Å². The monoisotopic (exact) mass is 260 g/mol. The number of anilines is 1. The normalized spacial score (nSPS) is 14.6. The number of para-hydroxylation sites is 1. The average molecular weight is 260 g/mol. The standard InChI is InChI=1S/C16H24N2O/c1-2-19-13-7-10-17-14-15-8-3-4-9-16(15)18-11-5-6-12-18/h2-4,8-9,17H,1,5-7,10-14H2. The lowest BCUT2D eigenvalue weighted by molar-refractivity contribution is 0.244. The average Bonchev–Trinajstić information content (AvgIpc) is 2.97. The maximum atomic E-state index is 5.11. The van der Waals surface area contributed by atoms with Gasteiger partial charge in [0.2, 0.25) is 0 Å². The summed E-state index contributed by atoms with van der Waals surface area (Å²) >= 11 is 0. The summed E-state index contributed by atoms with van der Waals surface area (Å²) in [4.78, 5) is 2.50. The van der Waals surface area contributed by atoms with Gasteiger partial charge in [0.15, 0.2) is 0 Å². The number of ether oxygens (including phenoxy) is 1. The summed E-state index contributed by atoms with van der Waals surface area (Å²) in [5.74, 6) is 0. The first kappa shape index (κ1) is 13.9. The molecule has 19 heavy (non-hydrogen) atoms. The van der Waals surface area contributed by atoms with E-state index in [1.807, 2.05) is 0 Å². The number of rotatable bonds is 8. The van der Waals surface area contributed by atoms with Crippen molar-refractivity contribution in [2.24, 2.45) is 0 Å². The zero-order chi connectivity index (χ0) is 13.3. The maximum Gasteiger partial charge on any atom is 0.0885 e. The summed E-state index contributed by atoms with van der Waals surface area (Å²) in [6.07, 6.45) is 5.15. The molecule has 1 fully saturated rings. The van der Waals surface area contributed by atoms with Crippen molar-refractivity contribution in [3.63, 3.8) is 0 Å². The quantitative estimate of drug-likeness (QED) is 0.574. The first-order valence-electron chi connectivity index (χ1n) is 7.18. The van der Waals surface area contributed by atoms with E-state index in [9.17, 15) is 0 Å². The van der Waals surface area contributed by atoms with Crippen LogP contribution in [-0.4, -0.2) is 26.2 Å². The molecule has 0 aliphatic carbocycles. The molecule has 1 heterocycles. The molecule has 3 heteroatoms. The number of hydrogen-bond acceptors (Lipinski definition) is 3. The molecule has 0 radical (unpaired) electrons. The van der Waals surface area contributed by atoms with Crippen LogP contribution in [0.5, 0.6) is 0 Å². The minimum Gasteiger partial charge on any atom is -0.502 e. The van der Waals surface area contributed by atoms with Gasteiger partial charge in [-0.05, 0) is 37.4 Å². The summed E-state index contributed by atoms with van der Waals surface area (Å²) < 4.78 is 5.11. The topological polar surface area (TPSA) is 24.5 Å². The maximum absolute atomic E-state index is 5.11. The Hall–Kier alpha value is -1.48. The fourth-order valence-corrected chi connectivity index (χ4v) is 2.51. The molecule has 0 bridgehead atoms. The van der Waals surface area contributed by atoms with E-state index in [0.29, 0.717) is 0 Å². The van der Waals surface area contributed by atoms with Crippen molar-refractivity contribution in [3.05, 3.63) is 42.7 Å². The van der Waals surface area contributed by atoms with E-state index in [1.54, 1.807) is 0 Å². The summed E-state index contributed by atoms with van der Waals surface area (Å²) in [5.41, 5.74) is 2.80. The highest BCUT2D eigenvalue weighted by Crippen LogP contribution is 2.24. The van der Waals surface area contributed by atoms with E-state index in [-0.39, 0.29) is 0 Å². The van der Waals surface area contributed by atoms with E-state index in [1.165, 1.54) is 43.4 Å². The van der Waals surface area contributed by atoms with Crippen LogP contribution in [0, 0.1) is 0 Å². The van der Waals surface area contributed by atoms with Crippen LogP contribution in [0.4, 0.5) is 5.69 Å². The van der Waals surface area contributed by atoms with Gasteiger partial charge in [0.25, 0.3) is 0 Å². The van der Waals surface area contributed by atoms with E-state index in [2.05, 4.69) is 41.1 Å². The summed E-state index contributed by atoms with van der Waals surface area (Å²) in [6, 6.07) is 8.72. The Morgan fingerprint density at radius 3 is 2.84 bits per heavy atom. The Morgan fingerprint density at radius 1 is 1.26 bits per heavy atom. The fourth-order valence-electron chi connectivity index (χ4n) is 2.51. The van der Waals surface area contributed by atoms with Crippen LogP contribution in [-0.2, 0) is 11.3 Å². The van der Waals surface area contributed by atoms with Gasteiger partial charge >= 0.3 is 0 Å². The van der Waals surface area contributed by atoms with Crippen LogP contribution in [0.25, 0.3) is 0 Å². The van der Waals surface area contributed by atoms with Crippen molar-refractivity contribution in [1.82, 2.24) is 5.32 Å². The molecular formula is C16H24N2O. The van der Waals surface area contributed by atoms with Crippen molar-refractivity contribution in [1.29, 1.82) is 0 Å². The van der Waals surface area contributed by atoms with Crippen LogP contribution in [0.2, 0.25) is 0 Å². The highest BCUT2D eigenvalue weighted by Gasteiger charge is 2.14. The molecule has 0 spiro atoms. The van der Waals surface area contributed by atoms with E-state index in [0.717, 1.165) is 26.1 Å². The molecule has 1 aliphatic rings. The van der Waals surface area contributed by atoms with Crippen molar-refractivity contribution >= 4 is 5.69 Å². The molecule has 0 aromatic heterocycles. The lowest BCUT2D eigenvalue weighted by atomic mass is 10.1. The Labute approximate surface area is 116 Å². The van der Waals surface area contributed by atoms with Crippen LogP contribution in [0.3, 0.4) is 0 Å². The Morgan fingerprint density at radius 2 is 2.05 bits per heavy atom. The summed E-state index contributed by atoms with van der Waals surface area (Å²) in [5, 5.41) is 3.48. The molecular weight excluding hydrogens is 236 g/mol. The SMILES string of the molecule is C=COCCCNCc1ccccc1N1CCCC1. The zero-order valence-corrected chi connectivity index (χ0v) is 11.6. The number of benzene rings is 1. The molecule has 0 amide bonds. The first-order chi connectivity index (χ1) is 9.42. The van der Waals surface area contributed by atoms with Crippen LogP contribution >= 0.6 is 0 Å². The highest BCUT2D eigenvalue weighted by atomic mass is 16.5. The zero-order valence-electron chi connectivity index (χ0n) is 11.6. The van der Waals surface area contributed by atoms with Gasteiger partial charge in [-0.3, -0.25) is 0 Å². The van der Waals surface area contributed by atoms with Crippen LogP contribution < -0.4 is 10.2 Å². The van der Waals surface area contributed by atoms with Gasteiger partial charge in [-0.15, -0.1) is 0 Å². The van der Waals surface area contributed by atoms with Crippen molar-refractivity contribution in [3.8, 4) is 0 Å². The Kier molecular flexibility index (Phi) is 5.76. The molecule has 1 N–H and O–H groups in total. The molecule has 2 rings (SSSR count). The Balaban J connectivity index is 1.80. The summed E-state index contributed by atoms with van der Waals surface area (Å²) in [6.45, 7) is 8.58. The number of hydrogen-bond donors (Lipinski definition) is 1. The number of nitrogens with one attached hydrogen (secondary N) is 1. The van der Waals surface area contributed by atoms with Crippen molar-refractivity contribution in [2.45, 2.75) is 25.8 Å². The van der Waals surface area contributed by atoms with Gasteiger partial charge in [-0.25, -0.2) is 0 Å². The van der Waals surface area contributed by atoms with E-state index in [4.69, 9.17) is 4.74 Å². The smallest absolute Gasteiger partial charge is 0.0885 e. The molecule has 1 aromatic rings. The molecule has 104 valence electrons. The van der Waals surface area contributed by atoms with Gasteiger partial charge in [0, 0.05) is 25.3 Å². The third-order valence-electron chi connectivity index (χ3n) is 3.49. The second kappa shape index (κ2) is 7.85. The third-order valence-corrected chi connectivity index (χ3v) is 3.49. The predicted octanol–water partition coefficient (Wildman–Crippen LogP) is 2.93. The third kappa shape index (κ3) is 4.28. The van der Waals surface area contributed by atoms with Crippen molar-refractivity contribution in [2.75, 3.05) is 31.1 Å². The lowest BCUT2D eigenvalue weighted by Gasteiger charge is -2.21. The van der Waals surface area contributed by atoms with Crippen LogP contribution in [0.1, 0.15) is 24.8 Å². The molecule has 0 unspecified atom stereocenters. The molecule has 1 saturated heterocycles. The Bertz CT molecular complexity index is 386. The second-order valence-electron chi connectivity index (χ2n) is 4.89. The minimum absolute atomic E-state index is 0.740. The molecule has 1 aromatic carbocycles. The van der Waals surface area contributed by atoms with Crippen LogP contribution in [0.15, 0.2) is 37.1 Å². The molecule has 3 nitrogen and oxygen atoms in total. The first-order valence-corrected chi connectivity index (χ1v) is 7.18. The largest absolute Gasteiger partial charge is 0.502 e. The van der Waals surface area contributed by atoms with E-state index < -0.39 is 0 Å². The second-order valence-corrected chi connectivity index (χ2v) is 4.89. The van der Waals surface area contributed by atoms with Gasteiger partial charge in [0.05, 0.1) is 12.9 Å². The highest BCUT2D eigenvalue weighted by molar-refractivity contribution is 5.54. The minimum atomic E-state index is 0.740. The molecule has 1 aliphatic heterocycles.